The molecule has 0 aliphatic heterocycles. The molecule has 76 valence electrons. The first-order valence-electron chi connectivity index (χ1n) is 5.30. The third kappa shape index (κ3) is 6.31. The number of benzene rings is 1. The van der Waals surface area contributed by atoms with E-state index in [2.05, 4.69) is 50.1 Å². The number of hydrogen-bond acceptors (Lipinski definition) is 0. The molecule has 0 spiro atoms. The van der Waals surface area contributed by atoms with Gasteiger partial charge in [-0.2, -0.15) is 0 Å². The van der Waals surface area contributed by atoms with Crippen LogP contribution in [0.25, 0.3) is 0 Å². The summed E-state index contributed by atoms with van der Waals surface area (Å²) in [5.41, 5.74) is 1.48. The third-order valence-electron chi connectivity index (χ3n) is 2.16. The first-order chi connectivity index (χ1) is 6.93. The fraction of sp³-hybridized carbons (Fsp3) is 0.429. The summed E-state index contributed by atoms with van der Waals surface area (Å²) in [6.45, 7) is 2.25. The van der Waals surface area contributed by atoms with Crippen molar-refractivity contribution < 1.29 is 0 Å². The maximum Gasteiger partial charge on any atom is -0.0279 e. The van der Waals surface area contributed by atoms with E-state index < -0.39 is 0 Å². The largest absolute Gasteiger partial charge is 0.124 e. The van der Waals surface area contributed by atoms with Gasteiger partial charge in [0, 0.05) is 0 Å². The summed E-state index contributed by atoms with van der Waals surface area (Å²) in [5.74, 6) is 0. The van der Waals surface area contributed by atoms with Crippen molar-refractivity contribution in [3.8, 4) is 12.8 Å². The molecule has 0 saturated heterocycles. The maximum atomic E-state index is 4.00. The van der Waals surface area contributed by atoms with Gasteiger partial charge >= 0.3 is 0 Å². The Balaban J connectivity index is 0.000000791. The molecule has 0 aliphatic carbocycles. The molecule has 0 fully saturated rings. The summed E-state index contributed by atoms with van der Waals surface area (Å²) in [7, 11) is 0. The minimum absolute atomic E-state index is 1.25. The third-order valence-corrected chi connectivity index (χ3v) is 2.16. The average molecular weight is 188 g/mol. The molecule has 0 aromatic heterocycles. The second-order valence-electron chi connectivity index (χ2n) is 3.30. The summed E-state index contributed by atoms with van der Waals surface area (Å²) in [6.07, 6.45) is 14.7. The van der Waals surface area contributed by atoms with Gasteiger partial charge in [-0.05, 0) is 18.4 Å². The van der Waals surface area contributed by atoms with Crippen LogP contribution < -0.4 is 0 Å². The van der Waals surface area contributed by atoms with E-state index in [1.54, 1.807) is 0 Å². The van der Waals surface area contributed by atoms with Gasteiger partial charge in [0.1, 0.15) is 0 Å². The normalized spacial score (nSPS) is 8.79. The van der Waals surface area contributed by atoms with Gasteiger partial charge in [0.25, 0.3) is 0 Å². The molecular weight excluding hydrogens is 168 g/mol. The van der Waals surface area contributed by atoms with Gasteiger partial charge in [-0.15, -0.1) is 12.8 Å². The van der Waals surface area contributed by atoms with Crippen molar-refractivity contribution in [2.75, 3.05) is 0 Å². The maximum absolute atomic E-state index is 4.00. The second-order valence-corrected chi connectivity index (χ2v) is 3.30. The first kappa shape index (κ1) is 12.8. The standard InChI is InChI=1S/C12H18.C2H2/c1-2-3-4-6-9-12-10-7-5-8-11-12;1-2/h5,7-8,10-11H,2-4,6,9H2,1H3;1-2H. The lowest BCUT2D eigenvalue weighted by Gasteiger charge is -1.99. The van der Waals surface area contributed by atoms with E-state index in [4.69, 9.17) is 0 Å². The van der Waals surface area contributed by atoms with Crippen molar-refractivity contribution in [2.45, 2.75) is 39.0 Å². The lowest BCUT2D eigenvalue weighted by atomic mass is 10.1. The predicted octanol–water partition coefficient (Wildman–Crippen LogP) is 4.06. The summed E-state index contributed by atoms with van der Waals surface area (Å²) in [6, 6.07) is 10.7. The minimum atomic E-state index is 1.25. The molecule has 0 bridgehead atoms. The van der Waals surface area contributed by atoms with Crippen LogP contribution in [0.2, 0.25) is 0 Å². The first-order valence-corrected chi connectivity index (χ1v) is 5.30. The number of hydrogen-bond donors (Lipinski definition) is 0. The molecule has 0 saturated carbocycles. The molecule has 0 unspecified atom stereocenters. The fourth-order valence-electron chi connectivity index (χ4n) is 1.40. The van der Waals surface area contributed by atoms with Crippen molar-refractivity contribution in [2.24, 2.45) is 0 Å². The lowest BCUT2D eigenvalue weighted by Crippen LogP contribution is -1.84. The molecule has 0 atom stereocenters. The topological polar surface area (TPSA) is 0 Å². The van der Waals surface area contributed by atoms with Gasteiger partial charge < -0.3 is 0 Å². The van der Waals surface area contributed by atoms with Gasteiger partial charge in [0.2, 0.25) is 0 Å². The monoisotopic (exact) mass is 188 g/mol. The molecule has 0 heterocycles. The zero-order valence-electron chi connectivity index (χ0n) is 9.08. The Bertz CT molecular complexity index is 220. The number of terminal acetylenes is 1. The number of unbranched alkanes of at least 4 members (excludes halogenated alkanes) is 3. The van der Waals surface area contributed by atoms with E-state index in [0.717, 1.165) is 0 Å². The zero-order chi connectivity index (χ0) is 10.6. The SMILES string of the molecule is C#C.CCCCCCc1ccccc1. The van der Waals surface area contributed by atoms with Gasteiger partial charge in [-0.25, -0.2) is 0 Å². The summed E-state index contributed by atoms with van der Waals surface area (Å²) in [5, 5.41) is 0. The Hall–Kier alpha value is -1.22. The van der Waals surface area contributed by atoms with Crippen LogP contribution >= 0.6 is 0 Å². The molecule has 0 amide bonds. The second kappa shape index (κ2) is 9.86. The predicted molar refractivity (Wildman–Crippen MR) is 64.2 cm³/mol. The molecule has 1 aromatic carbocycles. The molecule has 0 nitrogen and oxygen atoms in total. The molecule has 1 aromatic rings. The van der Waals surface area contributed by atoms with Crippen molar-refractivity contribution in [3.05, 3.63) is 35.9 Å². The van der Waals surface area contributed by atoms with Crippen LogP contribution in [0.3, 0.4) is 0 Å². The molecule has 0 radical (unpaired) electrons. The van der Waals surface area contributed by atoms with Crippen LogP contribution in [0.4, 0.5) is 0 Å². The number of rotatable bonds is 5. The highest BCUT2D eigenvalue weighted by Crippen LogP contribution is 2.06. The van der Waals surface area contributed by atoms with Crippen molar-refractivity contribution in [3.63, 3.8) is 0 Å². The molecule has 0 aliphatic rings. The van der Waals surface area contributed by atoms with E-state index in [1.165, 1.54) is 37.7 Å². The van der Waals surface area contributed by atoms with Crippen molar-refractivity contribution >= 4 is 0 Å². The molecule has 1 rings (SSSR count). The summed E-state index contributed by atoms with van der Waals surface area (Å²) < 4.78 is 0. The number of aryl methyl sites for hydroxylation is 1. The molecule has 0 N–H and O–H groups in total. The van der Waals surface area contributed by atoms with E-state index >= 15 is 0 Å². The molecule has 0 heteroatoms. The Morgan fingerprint density at radius 3 is 2.14 bits per heavy atom. The van der Waals surface area contributed by atoms with Crippen LogP contribution in [0.15, 0.2) is 30.3 Å². The van der Waals surface area contributed by atoms with Crippen LogP contribution in [0, 0.1) is 12.8 Å². The Morgan fingerprint density at radius 1 is 0.929 bits per heavy atom. The fourth-order valence-corrected chi connectivity index (χ4v) is 1.40. The van der Waals surface area contributed by atoms with E-state index in [9.17, 15) is 0 Å². The highest BCUT2D eigenvalue weighted by atomic mass is 14.0. The van der Waals surface area contributed by atoms with Crippen molar-refractivity contribution in [1.29, 1.82) is 0 Å². The average Bonchev–Trinajstić information content (AvgIpc) is 2.29. The Labute approximate surface area is 88.4 Å². The van der Waals surface area contributed by atoms with Gasteiger partial charge in [0.15, 0.2) is 0 Å². The van der Waals surface area contributed by atoms with Gasteiger partial charge in [-0.1, -0.05) is 56.5 Å². The quantitative estimate of drug-likeness (QED) is 0.483. The highest BCUT2D eigenvalue weighted by Gasteiger charge is 1.90. The summed E-state index contributed by atoms with van der Waals surface area (Å²) in [4.78, 5) is 0. The van der Waals surface area contributed by atoms with Crippen LogP contribution in [0.1, 0.15) is 38.2 Å². The minimum Gasteiger partial charge on any atom is -0.124 e. The van der Waals surface area contributed by atoms with E-state index in [0.29, 0.717) is 0 Å². The van der Waals surface area contributed by atoms with E-state index in [1.807, 2.05) is 0 Å². The molecular formula is C14H20. The Kier molecular flexibility index (Phi) is 9.01. The van der Waals surface area contributed by atoms with Crippen LogP contribution in [0.5, 0.6) is 0 Å². The molecule has 14 heavy (non-hydrogen) atoms. The highest BCUT2D eigenvalue weighted by molar-refractivity contribution is 5.14. The van der Waals surface area contributed by atoms with E-state index in [-0.39, 0.29) is 0 Å². The van der Waals surface area contributed by atoms with Gasteiger partial charge in [-0.3, -0.25) is 0 Å². The van der Waals surface area contributed by atoms with Crippen LogP contribution in [-0.2, 0) is 6.42 Å². The zero-order valence-corrected chi connectivity index (χ0v) is 9.08. The van der Waals surface area contributed by atoms with Crippen LogP contribution in [-0.4, -0.2) is 0 Å². The van der Waals surface area contributed by atoms with Gasteiger partial charge in [0.05, 0.1) is 0 Å². The Morgan fingerprint density at radius 2 is 1.57 bits per heavy atom. The lowest BCUT2D eigenvalue weighted by molar-refractivity contribution is 0.667. The summed E-state index contributed by atoms with van der Waals surface area (Å²) >= 11 is 0. The smallest absolute Gasteiger partial charge is 0.0279 e. The van der Waals surface area contributed by atoms with Crippen molar-refractivity contribution in [1.82, 2.24) is 0 Å².